The van der Waals surface area contributed by atoms with Gasteiger partial charge in [-0.2, -0.15) is 4.98 Å². The van der Waals surface area contributed by atoms with E-state index in [1.807, 2.05) is 39.5 Å². The Morgan fingerprint density at radius 1 is 1.07 bits per heavy atom. The normalized spacial score (nSPS) is 16.0. The molecular formula is C31H48N6O3. The lowest BCUT2D eigenvalue weighted by Gasteiger charge is -2.34. The Labute approximate surface area is 240 Å². The Hall–Kier alpha value is -3.46. The fraction of sp³-hybridized carbons (Fsp3) is 0.548. The second kappa shape index (κ2) is 17.3. The van der Waals surface area contributed by atoms with Crippen molar-refractivity contribution >= 4 is 23.8 Å². The quantitative estimate of drug-likeness (QED) is 0.430. The molecule has 9 nitrogen and oxygen atoms in total. The number of rotatable bonds is 7. The van der Waals surface area contributed by atoms with Gasteiger partial charge < -0.3 is 15.0 Å². The third kappa shape index (κ3) is 9.93. The Morgan fingerprint density at radius 2 is 1.68 bits per heavy atom. The Balaban J connectivity index is 0.000000620. The summed E-state index contributed by atoms with van der Waals surface area (Å²) in [6, 6.07) is 8.43. The van der Waals surface area contributed by atoms with Crippen molar-refractivity contribution in [2.45, 2.75) is 74.1 Å². The summed E-state index contributed by atoms with van der Waals surface area (Å²) >= 11 is 0. The first kappa shape index (κ1) is 32.8. The van der Waals surface area contributed by atoms with E-state index in [-0.39, 0.29) is 18.6 Å². The highest BCUT2D eigenvalue weighted by Gasteiger charge is 2.26. The number of nitrogens with one attached hydrogen (secondary N) is 1. The van der Waals surface area contributed by atoms with Gasteiger partial charge in [0.15, 0.2) is 0 Å². The molecule has 40 heavy (non-hydrogen) atoms. The first-order valence-electron chi connectivity index (χ1n) is 14.7. The molecule has 1 aromatic carbocycles. The predicted octanol–water partition coefficient (Wildman–Crippen LogP) is 5.86. The molecule has 5 rings (SSSR count). The number of aromatic nitrogens is 2. The summed E-state index contributed by atoms with van der Waals surface area (Å²) < 4.78 is 5.13. The van der Waals surface area contributed by atoms with Crippen molar-refractivity contribution in [3.63, 3.8) is 0 Å². The van der Waals surface area contributed by atoms with Gasteiger partial charge in [-0.3, -0.25) is 14.6 Å². The van der Waals surface area contributed by atoms with Crippen LogP contribution in [0.1, 0.15) is 71.1 Å². The van der Waals surface area contributed by atoms with Gasteiger partial charge >= 0.3 is 6.09 Å². The van der Waals surface area contributed by atoms with Gasteiger partial charge in [0.05, 0.1) is 5.56 Å². The van der Waals surface area contributed by atoms with E-state index in [0.717, 1.165) is 49.8 Å². The first-order chi connectivity index (χ1) is 19.5. The van der Waals surface area contributed by atoms with Crippen LogP contribution >= 0.6 is 0 Å². The van der Waals surface area contributed by atoms with Crippen LogP contribution in [-0.4, -0.2) is 64.5 Å². The number of piperazine rings is 1. The van der Waals surface area contributed by atoms with Crippen molar-refractivity contribution in [2.24, 2.45) is 5.92 Å². The number of carbonyl (C=O) groups is 2. The minimum absolute atomic E-state index is 0.00624. The second-order valence-corrected chi connectivity index (χ2v) is 9.50. The standard InChI is InChI=1S/C23H28N6O3.C4H8.2C2H6/c1-3-20(30)28-11-9-27(10-12-28)15-18-7-5-17(6-8-18)13-24-22-25-14-19-16-32-23(31)29(4-2)21(19)26-22;1-4-2-3-4;2*1-2/h3,5-8,14H,1,4,9-13,15-16H2,2H3,(H,24,25,26);4H,2-3H2,1H3;2*1-2H3. The molecule has 220 valence electrons. The fourth-order valence-electron chi connectivity index (χ4n) is 4.03. The summed E-state index contributed by atoms with van der Waals surface area (Å²) in [5.74, 6) is 2.17. The van der Waals surface area contributed by atoms with Gasteiger partial charge in [-0.15, -0.1) is 0 Å². The average Bonchev–Trinajstić information content (AvgIpc) is 3.81. The summed E-state index contributed by atoms with van der Waals surface area (Å²) in [4.78, 5) is 38.2. The molecule has 2 amide bonds. The van der Waals surface area contributed by atoms with Gasteiger partial charge in [-0.25, -0.2) is 9.78 Å². The molecule has 2 fully saturated rings. The van der Waals surface area contributed by atoms with Crippen molar-refractivity contribution in [1.29, 1.82) is 0 Å². The van der Waals surface area contributed by atoms with Crippen LogP contribution in [0.4, 0.5) is 16.6 Å². The summed E-state index contributed by atoms with van der Waals surface area (Å²) in [6.07, 6.45) is 5.67. The van der Waals surface area contributed by atoms with E-state index in [9.17, 15) is 9.59 Å². The minimum atomic E-state index is -0.381. The second-order valence-electron chi connectivity index (χ2n) is 9.50. The van der Waals surface area contributed by atoms with E-state index in [1.54, 1.807) is 6.20 Å². The van der Waals surface area contributed by atoms with Crippen LogP contribution in [0, 0.1) is 5.92 Å². The van der Waals surface area contributed by atoms with Crippen molar-refractivity contribution in [1.82, 2.24) is 19.8 Å². The highest BCUT2D eigenvalue weighted by atomic mass is 16.6. The van der Waals surface area contributed by atoms with Crippen LogP contribution in [-0.2, 0) is 29.2 Å². The lowest BCUT2D eigenvalue weighted by Crippen LogP contribution is -2.47. The first-order valence-corrected chi connectivity index (χ1v) is 14.7. The van der Waals surface area contributed by atoms with Gasteiger partial charge in [0.2, 0.25) is 11.9 Å². The molecule has 1 saturated heterocycles. The predicted molar refractivity (Wildman–Crippen MR) is 162 cm³/mol. The van der Waals surface area contributed by atoms with Crippen LogP contribution in [0.2, 0.25) is 0 Å². The number of carbonyl (C=O) groups excluding carboxylic acids is 2. The lowest BCUT2D eigenvalue weighted by atomic mass is 10.1. The third-order valence-electron chi connectivity index (χ3n) is 6.59. The van der Waals surface area contributed by atoms with Crippen LogP contribution in [0.25, 0.3) is 0 Å². The monoisotopic (exact) mass is 552 g/mol. The lowest BCUT2D eigenvalue weighted by molar-refractivity contribution is -0.127. The van der Waals surface area contributed by atoms with Crippen molar-refractivity contribution in [3.05, 3.63) is 59.8 Å². The van der Waals surface area contributed by atoms with Gasteiger partial charge in [0.25, 0.3) is 0 Å². The summed E-state index contributed by atoms with van der Waals surface area (Å²) in [7, 11) is 0. The molecule has 1 N–H and O–H groups in total. The van der Waals surface area contributed by atoms with Crippen LogP contribution in [0.15, 0.2) is 43.1 Å². The Bertz CT molecular complexity index is 1060. The van der Waals surface area contributed by atoms with E-state index in [4.69, 9.17) is 4.74 Å². The maximum atomic E-state index is 11.9. The van der Waals surface area contributed by atoms with Crippen LogP contribution < -0.4 is 10.2 Å². The molecule has 2 aliphatic heterocycles. The average molecular weight is 553 g/mol. The molecule has 0 unspecified atom stereocenters. The van der Waals surface area contributed by atoms with E-state index >= 15 is 0 Å². The van der Waals surface area contributed by atoms with Gasteiger partial charge in [0.1, 0.15) is 12.4 Å². The molecule has 0 radical (unpaired) electrons. The molecule has 9 heteroatoms. The number of hydrogen-bond donors (Lipinski definition) is 1. The number of hydrogen-bond acceptors (Lipinski definition) is 7. The molecule has 2 aromatic rings. The number of benzene rings is 1. The molecule has 0 spiro atoms. The molecular weight excluding hydrogens is 504 g/mol. The van der Waals surface area contributed by atoms with Crippen LogP contribution in [0.5, 0.6) is 0 Å². The number of fused-ring (bicyclic) bond motifs is 1. The third-order valence-corrected chi connectivity index (χ3v) is 6.59. The molecule has 1 aromatic heterocycles. The number of ether oxygens (including phenoxy) is 1. The van der Waals surface area contributed by atoms with E-state index in [0.29, 0.717) is 24.9 Å². The molecule has 0 atom stereocenters. The van der Waals surface area contributed by atoms with Gasteiger partial charge in [0, 0.05) is 52.0 Å². The van der Waals surface area contributed by atoms with Gasteiger partial charge in [-0.05, 0) is 30.0 Å². The fourth-order valence-corrected chi connectivity index (χ4v) is 4.03. The number of amides is 2. The summed E-state index contributed by atoms with van der Waals surface area (Å²) in [5, 5.41) is 3.24. The van der Waals surface area contributed by atoms with Crippen molar-refractivity contribution < 1.29 is 14.3 Å². The van der Waals surface area contributed by atoms with E-state index < -0.39 is 0 Å². The number of nitrogens with zero attached hydrogens (tertiary/aromatic N) is 5. The maximum Gasteiger partial charge on any atom is 0.415 e. The van der Waals surface area contributed by atoms with Crippen molar-refractivity contribution in [3.8, 4) is 0 Å². The smallest absolute Gasteiger partial charge is 0.415 e. The molecule has 0 bridgehead atoms. The summed E-state index contributed by atoms with van der Waals surface area (Å²) in [6.45, 7) is 21.0. The highest BCUT2D eigenvalue weighted by Crippen LogP contribution is 2.27. The Kier molecular flexibility index (Phi) is 14.1. The SMILES string of the molecule is C=CC(=O)N1CCN(Cc2ccc(CNc3ncc4c(n3)N(CC)C(=O)OC4)cc2)CC1.CC.CC.CC1CC1. The Morgan fingerprint density at radius 3 is 2.23 bits per heavy atom. The zero-order valence-corrected chi connectivity index (χ0v) is 25.3. The molecule has 1 aliphatic carbocycles. The zero-order chi connectivity index (χ0) is 29.5. The molecule has 1 saturated carbocycles. The topological polar surface area (TPSA) is 90.9 Å². The zero-order valence-electron chi connectivity index (χ0n) is 25.3. The highest BCUT2D eigenvalue weighted by molar-refractivity contribution is 5.89. The minimum Gasteiger partial charge on any atom is -0.444 e. The van der Waals surface area contributed by atoms with Gasteiger partial charge in [-0.1, -0.05) is 78.3 Å². The van der Waals surface area contributed by atoms with Crippen molar-refractivity contribution in [2.75, 3.05) is 42.9 Å². The molecule has 3 aliphatic rings. The molecule has 3 heterocycles. The maximum absolute atomic E-state index is 11.9. The van der Waals surface area contributed by atoms with E-state index in [1.165, 1.54) is 29.4 Å². The number of cyclic esters (lactones) is 1. The van der Waals surface area contributed by atoms with Crippen LogP contribution in [0.3, 0.4) is 0 Å². The largest absolute Gasteiger partial charge is 0.444 e. The van der Waals surface area contributed by atoms with E-state index in [2.05, 4.69) is 58.0 Å². The number of anilines is 2. The summed E-state index contributed by atoms with van der Waals surface area (Å²) in [5.41, 5.74) is 3.15.